The summed E-state index contributed by atoms with van der Waals surface area (Å²) < 4.78 is 7.36. The molecule has 1 aromatic heterocycles. The van der Waals surface area contributed by atoms with Gasteiger partial charge in [0.25, 0.3) is 0 Å². The SMILES string of the molecule is O=c1[nH]c2ccc(Cl)cc2n1C1CCN(C2CCOCC2)CC1. The molecule has 0 aliphatic carbocycles. The van der Waals surface area contributed by atoms with Gasteiger partial charge in [-0.1, -0.05) is 11.6 Å². The molecule has 3 heterocycles. The number of ether oxygens (including phenoxy) is 1. The molecule has 23 heavy (non-hydrogen) atoms. The van der Waals surface area contributed by atoms with Crippen LogP contribution in [0.15, 0.2) is 23.0 Å². The van der Waals surface area contributed by atoms with Crippen LogP contribution in [0.25, 0.3) is 11.0 Å². The average molecular weight is 336 g/mol. The molecule has 2 aromatic rings. The number of aromatic nitrogens is 2. The van der Waals surface area contributed by atoms with Gasteiger partial charge in [-0.3, -0.25) is 4.57 Å². The van der Waals surface area contributed by atoms with Gasteiger partial charge in [-0.15, -0.1) is 0 Å². The molecular weight excluding hydrogens is 314 g/mol. The number of rotatable bonds is 2. The Bertz CT molecular complexity index is 740. The van der Waals surface area contributed by atoms with Crippen molar-refractivity contribution in [1.82, 2.24) is 14.5 Å². The van der Waals surface area contributed by atoms with Crippen LogP contribution >= 0.6 is 11.6 Å². The molecule has 0 radical (unpaired) electrons. The molecule has 0 amide bonds. The Balaban J connectivity index is 1.53. The highest BCUT2D eigenvalue weighted by Crippen LogP contribution is 2.28. The Morgan fingerprint density at radius 2 is 1.83 bits per heavy atom. The molecule has 2 saturated heterocycles. The summed E-state index contributed by atoms with van der Waals surface area (Å²) in [4.78, 5) is 17.9. The first-order valence-corrected chi connectivity index (χ1v) is 8.82. The summed E-state index contributed by atoms with van der Waals surface area (Å²) >= 11 is 6.11. The molecule has 1 N–H and O–H groups in total. The number of halogens is 1. The molecule has 2 fully saturated rings. The molecule has 0 atom stereocenters. The average Bonchev–Trinajstić information content (AvgIpc) is 2.91. The highest BCUT2D eigenvalue weighted by Gasteiger charge is 2.28. The van der Waals surface area contributed by atoms with Crippen molar-refractivity contribution in [3.63, 3.8) is 0 Å². The maximum absolute atomic E-state index is 12.4. The van der Waals surface area contributed by atoms with E-state index in [0.29, 0.717) is 11.1 Å². The highest BCUT2D eigenvalue weighted by atomic mass is 35.5. The number of nitrogens with one attached hydrogen (secondary N) is 1. The second-order valence-electron chi connectivity index (χ2n) is 6.57. The molecule has 0 spiro atoms. The van der Waals surface area contributed by atoms with Gasteiger partial charge >= 0.3 is 5.69 Å². The molecule has 0 unspecified atom stereocenters. The maximum Gasteiger partial charge on any atom is 0.326 e. The fourth-order valence-electron chi connectivity index (χ4n) is 4.02. The zero-order chi connectivity index (χ0) is 15.8. The van der Waals surface area contributed by atoms with Crippen molar-refractivity contribution < 1.29 is 4.74 Å². The van der Waals surface area contributed by atoms with Gasteiger partial charge in [0.15, 0.2) is 0 Å². The molecular formula is C17H22ClN3O2. The van der Waals surface area contributed by atoms with Gasteiger partial charge in [-0.2, -0.15) is 0 Å². The third-order valence-corrected chi connectivity index (χ3v) is 5.49. The Labute approximate surface area is 140 Å². The first-order valence-electron chi connectivity index (χ1n) is 8.44. The number of imidazole rings is 1. The van der Waals surface area contributed by atoms with E-state index < -0.39 is 0 Å². The third-order valence-electron chi connectivity index (χ3n) is 5.25. The van der Waals surface area contributed by atoms with Crippen molar-refractivity contribution in [2.24, 2.45) is 0 Å². The Morgan fingerprint density at radius 1 is 1.09 bits per heavy atom. The van der Waals surface area contributed by atoms with Crippen LogP contribution in [0.3, 0.4) is 0 Å². The van der Waals surface area contributed by atoms with E-state index in [1.807, 2.05) is 22.8 Å². The van der Waals surface area contributed by atoms with E-state index in [2.05, 4.69) is 9.88 Å². The summed E-state index contributed by atoms with van der Waals surface area (Å²) in [6.45, 7) is 3.86. The standard InChI is InChI=1S/C17H22ClN3O2/c18-12-1-2-15-16(11-12)21(17(22)19-15)14-3-7-20(8-4-14)13-5-9-23-10-6-13/h1-2,11,13-14H,3-10H2,(H,19,22). The number of fused-ring (bicyclic) bond motifs is 1. The van der Waals surface area contributed by atoms with E-state index in [4.69, 9.17) is 16.3 Å². The lowest BCUT2D eigenvalue weighted by molar-refractivity contribution is 0.0220. The zero-order valence-corrected chi connectivity index (χ0v) is 13.9. The summed E-state index contributed by atoms with van der Waals surface area (Å²) in [6.07, 6.45) is 4.29. The Morgan fingerprint density at radius 3 is 2.57 bits per heavy atom. The number of piperidine rings is 1. The number of nitrogens with zero attached hydrogens (tertiary/aromatic N) is 2. The van der Waals surface area contributed by atoms with Gasteiger partial charge in [-0.25, -0.2) is 4.79 Å². The number of aromatic amines is 1. The number of benzene rings is 1. The van der Waals surface area contributed by atoms with Crippen LogP contribution in [0.1, 0.15) is 31.7 Å². The van der Waals surface area contributed by atoms with Crippen LogP contribution < -0.4 is 5.69 Å². The van der Waals surface area contributed by atoms with Gasteiger partial charge in [0.1, 0.15) is 0 Å². The molecule has 6 heteroatoms. The summed E-state index contributed by atoms with van der Waals surface area (Å²) in [5.41, 5.74) is 1.77. The normalized spacial score (nSPS) is 22.0. The maximum atomic E-state index is 12.4. The Hall–Kier alpha value is -1.30. The number of hydrogen-bond acceptors (Lipinski definition) is 3. The number of H-pyrrole nitrogens is 1. The van der Waals surface area contributed by atoms with E-state index in [1.54, 1.807) is 0 Å². The van der Waals surface area contributed by atoms with Crippen LogP contribution in [0.4, 0.5) is 0 Å². The predicted octanol–water partition coefficient (Wildman–Crippen LogP) is 2.80. The molecule has 0 saturated carbocycles. The third kappa shape index (κ3) is 2.93. The van der Waals surface area contributed by atoms with E-state index in [0.717, 1.165) is 63.0 Å². The predicted molar refractivity (Wildman–Crippen MR) is 91.3 cm³/mol. The lowest BCUT2D eigenvalue weighted by Gasteiger charge is -2.39. The minimum absolute atomic E-state index is 0.0215. The van der Waals surface area contributed by atoms with E-state index in [9.17, 15) is 4.79 Å². The van der Waals surface area contributed by atoms with Gasteiger partial charge in [-0.05, 0) is 43.9 Å². The molecule has 124 valence electrons. The van der Waals surface area contributed by atoms with Gasteiger partial charge in [0.2, 0.25) is 0 Å². The molecule has 2 aliphatic rings. The van der Waals surface area contributed by atoms with Crippen molar-refractivity contribution in [1.29, 1.82) is 0 Å². The number of hydrogen-bond donors (Lipinski definition) is 1. The van der Waals surface area contributed by atoms with Crippen molar-refractivity contribution in [2.75, 3.05) is 26.3 Å². The summed E-state index contributed by atoms with van der Waals surface area (Å²) in [5.74, 6) is 0. The Kier molecular flexibility index (Phi) is 4.18. The minimum Gasteiger partial charge on any atom is -0.381 e. The topological polar surface area (TPSA) is 50.3 Å². The van der Waals surface area contributed by atoms with Crippen molar-refractivity contribution in [3.05, 3.63) is 33.7 Å². The second kappa shape index (κ2) is 6.30. The van der Waals surface area contributed by atoms with Crippen LogP contribution in [0.5, 0.6) is 0 Å². The van der Waals surface area contributed by atoms with Gasteiger partial charge in [0.05, 0.1) is 11.0 Å². The van der Waals surface area contributed by atoms with Gasteiger partial charge < -0.3 is 14.6 Å². The first-order chi connectivity index (χ1) is 11.2. The van der Waals surface area contributed by atoms with E-state index >= 15 is 0 Å². The largest absolute Gasteiger partial charge is 0.381 e. The van der Waals surface area contributed by atoms with Crippen molar-refractivity contribution in [2.45, 2.75) is 37.8 Å². The monoisotopic (exact) mass is 335 g/mol. The summed E-state index contributed by atoms with van der Waals surface area (Å²) in [5, 5.41) is 0.671. The van der Waals surface area contributed by atoms with Crippen LogP contribution in [0.2, 0.25) is 5.02 Å². The van der Waals surface area contributed by atoms with Crippen LogP contribution in [-0.2, 0) is 4.74 Å². The summed E-state index contributed by atoms with van der Waals surface area (Å²) in [6, 6.07) is 6.49. The quantitative estimate of drug-likeness (QED) is 0.918. The zero-order valence-electron chi connectivity index (χ0n) is 13.1. The molecule has 2 aliphatic heterocycles. The number of likely N-dealkylation sites (tertiary alicyclic amines) is 1. The fourth-order valence-corrected chi connectivity index (χ4v) is 4.18. The van der Waals surface area contributed by atoms with Crippen LogP contribution in [0, 0.1) is 0 Å². The molecule has 5 nitrogen and oxygen atoms in total. The lowest BCUT2D eigenvalue weighted by Crippen LogP contribution is -2.45. The molecule has 1 aromatic carbocycles. The fraction of sp³-hybridized carbons (Fsp3) is 0.588. The molecule has 4 rings (SSSR count). The van der Waals surface area contributed by atoms with Gasteiger partial charge in [0, 0.05) is 43.4 Å². The van der Waals surface area contributed by atoms with Crippen LogP contribution in [-0.4, -0.2) is 46.8 Å². The summed E-state index contributed by atoms with van der Waals surface area (Å²) in [7, 11) is 0. The first kappa shape index (κ1) is 15.2. The second-order valence-corrected chi connectivity index (χ2v) is 7.01. The van der Waals surface area contributed by atoms with E-state index in [-0.39, 0.29) is 11.7 Å². The van der Waals surface area contributed by atoms with Crippen molar-refractivity contribution >= 4 is 22.6 Å². The molecule has 0 bridgehead atoms. The van der Waals surface area contributed by atoms with Crippen molar-refractivity contribution in [3.8, 4) is 0 Å². The highest BCUT2D eigenvalue weighted by molar-refractivity contribution is 6.31. The minimum atomic E-state index is -0.0215. The smallest absolute Gasteiger partial charge is 0.326 e. The van der Waals surface area contributed by atoms with E-state index in [1.165, 1.54) is 0 Å². The lowest BCUT2D eigenvalue weighted by atomic mass is 9.99.